The van der Waals surface area contributed by atoms with Gasteiger partial charge in [-0.05, 0) is 124 Å². The minimum atomic E-state index is -4.49. The van der Waals surface area contributed by atoms with Gasteiger partial charge in [-0.2, -0.15) is 13.2 Å². The lowest BCUT2D eigenvalue weighted by Gasteiger charge is -2.30. The second-order valence-electron chi connectivity index (χ2n) is 21.5. The number of nitrogens with one attached hydrogen (secondary N) is 3. The minimum absolute atomic E-state index is 0. The lowest BCUT2D eigenvalue weighted by atomic mass is 10.0. The Hall–Kier alpha value is -4.93. The summed E-state index contributed by atoms with van der Waals surface area (Å²) in [5.41, 5.74) is 8.26. The Bertz CT molecular complexity index is 2570. The van der Waals surface area contributed by atoms with Gasteiger partial charge in [-0.3, -0.25) is 34.1 Å². The van der Waals surface area contributed by atoms with E-state index in [0.29, 0.717) is 59.4 Å². The van der Waals surface area contributed by atoms with Gasteiger partial charge in [-0.15, -0.1) is 24.0 Å². The Labute approximate surface area is 494 Å². The fourth-order valence-corrected chi connectivity index (χ4v) is 9.95. The van der Waals surface area contributed by atoms with Crippen LogP contribution >= 0.6 is 24.0 Å². The highest BCUT2D eigenvalue weighted by Gasteiger charge is 2.34. The first-order valence-corrected chi connectivity index (χ1v) is 29.4. The normalized spacial score (nSPS) is 18.5. The summed E-state index contributed by atoms with van der Waals surface area (Å²) in [4.78, 5) is 56.8. The molecule has 0 unspecified atom stereocenters. The first-order valence-electron chi connectivity index (χ1n) is 28.9. The lowest BCUT2D eigenvalue weighted by molar-refractivity contribution is -0.137. The lowest BCUT2D eigenvalue weighted by Crippen LogP contribution is -2.43. The van der Waals surface area contributed by atoms with E-state index in [-0.39, 0.29) is 43.9 Å². The Morgan fingerprint density at radius 3 is 1.88 bits per heavy atom. The van der Waals surface area contributed by atoms with Gasteiger partial charge in [0.05, 0.1) is 56.6 Å². The Morgan fingerprint density at radius 1 is 0.683 bits per heavy atom. The zero-order valence-electron chi connectivity index (χ0n) is 46.7. The highest BCUT2D eigenvalue weighted by Crippen LogP contribution is 2.34. The number of aromatic nitrogens is 1. The van der Waals surface area contributed by atoms with E-state index in [0.717, 1.165) is 160 Å². The number of nitrogens with two attached hydrogens (primary N) is 1. The van der Waals surface area contributed by atoms with Crippen molar-refractivity contribution in [1.29, 1.82) is 0 Å². The van der Waals surface area contributed by atoms with Gasteiger partial charge in [-0.25, -0.2) is 0 Å². The zero-order chi connectivity index (χ0) is 56.1. The molecule has 1 aromatic heterocycles. The van der Waals surface area contributed by atoms with Crippen molar-refractivity contribution >= 4 is 53.1 Å². The maximum atomic E-state index is 13.9. The molecular weight excluding hydrogens is 1100 g/mol. The third-order valence-corrected chi connectivity index (χ3v) is 15.2. The first-order chi connectivity index (χ1) is 38.9. The summed E-state index contributed by atoms with van der Waals surface area (Å²) in [6.07, 6.45) is 7.54. The summed E-state index contributed by atoms with van der Waals surface area (Å²) >= 11 is 5.55. The van der Waals surface area contributed by atoms with Crippen LogP contribution in [0.3, 0.4) is 0 Å². The summed E-state index contributed by atoms with van der Waals surface area (Å²) in [6, 6.07) is 22.1. The standard InChI is InChI=1S/C42H45F3N6O4.C9H18N2O.C6H12ClNO.C3H7N.CH4.ClH/c43-42(44,45)33-9-4-6-29(24-33)28-47-39(52)31-14-15-46-38(26-31)36-27-35(50-16-2-1-3-17-50)12-13-37(36)48-40(53)30-7-5-8-32(25-30)41(54)51(34-10-11-34)19-18-49-20-22-55-23-21-49;1-2-9(1)10-3-4-11-5-7-12-8-6-11;7-1-2-8-3-5-9-6-4-8;4-3-1-2-3;;/h4-9,12-15,24-27,34H,1-3,10-11,16-23,28H2,(H,47,52)(H,48,53);9-10H,1-8H2;1-6H2;3H,1-2,4H2;1H4;1H. The van der Waals surface area contributed by atoms with Crippen molar-refractivity contribution < 1.29 is 41.8 Å². The van der Waals surface area contributed by atoms with Crippen molar-refractivity contribution in [3.63, 3.8) is 0 Å². The fourth-order valence-electron chi connectivity index (χ4n) is 9.71. The highest BCUT2D eigenvalue weighted by molar-refractivity contribution is 6.18. The van der Waals surface area contributed by atoms with Crippen LogP contribution in [-0.2, 0) is 26.9 Å². The topological polar surface area (TPSA) is 170 Å². The molecule has 0 radical (unpaired) electrons. The minimum Gasteiger partial charge on any atom is -0.379 e. The molecule has 5 heterocycles. The van der Waals surface area contributed by atoms with Crippen LogP contribution in [0.25, 0.3) is 11.3 Å². The van der Waals surface area contributed by atoms with Gasteiger partial charge < -0.3 is 45.7 Å². The van der Waals surface area contributed by atoms with E-state index in [1.165, 1.54) is 56.6 Å². The molecule has 21 heteroatoms. The van der Waals surface area contributed by atoms with Crippen LogP contribution in [0.15, 0.2) is 85.1 Å². The summed E-state index contributed by atoms with van der Waals surface area (Å²) < 4.78 is 55.6. The fraction of sp³-hybridized carbons (Fsp3) is 0.574. The number of nitrogens with zero attached hydrogens (tertiary/aromatic N) is 6. The van der Waals surface area contributed by atoms with E-state index in [2.05, 4.69) is 40.5 Å². The number of halogens is 5. The molecule has 3 amide bonds. The predicted octanol–water partition coefficient (Wildman–Crippen LogP) is 8.67. The highest BCUT2D eigenvalue weighted by atomic mass is 35.5. The van der Waals surface area contributed by atoms with Crippen LogP contribution in [0.4, 0.5) is 24.5 Å². The number of benzene rings is 3. The molecular formula is C61H87Cl2F3N10O6. The van der Waals surface area contributed by atoms with E-state index in [9.17, 15) is 27.6 Å². The molecule has 16 nitrogen and oxygen atoms in total. The quantitative estimate of drug-likeness (QED) is 0.0699. The number of morpholine rings is 3. The van der Waals surface area contributed by atoms with Crippen LogP contribution in [0.1, 0.15) is 107 Å². The summed E-state index contributed by atoms with van der Waals surface area (Å²) in [5, 5.41) is 9.27. The van der Waals surface area contributed by atoms with Gasteiger partial charge in [0.1, 0.15) is 0 Å². The van der Waals surface area contributed by atoms with Gasteiger partial charge >= 0.3 is 6.18 Å². The van der Waals surface area contributed by atoms with Crippen LogP contribution in [-0.4, -0.2) is 191 Å². The average molecular weight is 1180 g/mol. The van der Waals surface area contributed by atoms with Gasteiger partial charge in [0.15, 0.2) is 0 Å². The van der Waals surface area contributed by atoms with Crippen molar-refractivity contribution in [3.05, 3.63) is 113 Å². The number of piperidine rings is 1. The monoisotopic (exact) mass is 1180 g/mol. The second-order valence-corrected chi connectivity index (χ2v) is 21.8. The molecule has 452 valence electrons. The van der Waals surface area contributed by atoms with Crippen molar-refractivity contribution in [1.82, 2.24) is 35.2 Å². The maximum Gasteiger partial charge on any atom is 0.416 e. The molecule has 4 aliphatic heterocycles. The number of ether oxygens (including phenoxy) is 3. The molecule has 4 aromatic rings. The summed E-state index contributed by atoms with van der Waals surface area (Å²) in [6.45, 7) is 17.4. The number of anilines is 2. The van der Waals surface area contributed by atoms with E-state index in [1.54, 1.807) is 30.3 Å². The molecule has 11 rings (SSSR count). The van der Waals surface area contributed by atoms with Gasteiger partial charge in [0.2, 0.25) is 0 Å². The smallest absolute Gasteiger partial charge is 0.379 e. The molecule has 82 heavy (non-hydrogen) atoms. The maximum absolute atomic E-state index is 13.9. The van der Waals surface area contributed by atoms with Crippen molar-refractivity contribution in [2.45, 2.75) is 96.1 Å². The van der Waals surface area contributed by atoms with Crippen LogP contribution < -0.4 is 26.6 Å². The van der Waals surface area contributed by atoms with E-state index in [1.807, 2.05) is 23.1 Å². The number of alkyl halides is 4. The number of carbonyl (C=O) groups is 3. The van der Waals surface area contributed by atoms with Crippen LogP contribution in [0.2, 0.25) is 0 Å². The number of rotatable bonds is 18. The SMILES string of the molecule is C.C(CN1CCOCC1)NC1CC1.Cl.ClCCN1CCOCC1.NC1CC1.O=C(NCc1cccc(C(F)(F)F)c1)c1ccnc(-c2cc(N3CCCCC3)ccc2NC(=O)c2cccc(C(=O)N(CCN3CCOCC3)C3CC3)c2)c1. The van der Waals surface area contributed by atoms with E-state index < -0.39 is 23.6 Å². The number of hydrogen-bond acceptors (Lipinski definition) is 13. The Morgan fingerprint density at radius 2 is 1.28 bits per heavy atom. The van der Waals surface area contributed by atoms with Gasteiger partial charge in [0, 0.05) is 150 Å². The third-order valence-electron chi connectivity index (χ3n) is 15.0. The van der Waals surface area contributed by atoms with Crippen LogP contribution in [0.5, 0.6) is 0 Å². The molecule has 7 aliphatic rings. The number of hydrogen-bond donors (Lipinski definition) is 4. The molecule has 7 fully saturated rings. The largest absolute Gasteiger partial charge is 0.416 e. The molecule has 3 aromatic carbocycles. The third kappa shape index (κ3) is 22.2. The molecule has 5 N–H and O–H groups in total. The van der Waals surface area contributed by atoms with E-state index in [4.69, 9.17) is 31.5 Å². The molecule has 0 atom stereocenters. The molecule has 0 bridgehead atoms. The average Bonchev–Trinajstić information content (AvgIpc) is 4.44. The summed E-state index contributed by atoms with van der Waals surface area (Å²) in [5.74, 6) is -0.238. The molecule has 4 saturated heterocycles. The zero-order valence-corrected chi connectivity index (χ0v) is 48.2. The first kappa shape index (κ1) is 66.2. The van der Waals surface area contributed by atoms with Crippen molar-refractivity contribution in [2.24, 2.45) is 5.73 Å². The van der Waals surface area contributed by atoms with Gasteiger partial charge in [0.25, 0.3) is 17.7 Å². The number of amides is 3. The molecule has 3 aliphatic carbocycles. The second kappa shape index (κ2) is 34.1. The van der Waals surface area contributed by atoms with Crippen molar-refractivity contribution in [2.75, 3.05) is 141 Å². The van der Waals surface area contributed by atoms with Crippen molar-refractivity contribution in [3.8, 4) is 11.3 Å². The summed E-state index contributed by atoms with van der Waals surface area (Å²) in [7, 11) is 0. The Balaban J connectivity index is 0.000000326. The Kier molecular flexibility index (Phi) is 27.6. The number of carbonyl (C=O) groups excluding carboxylic acids is 3. The van der Waals surface area contributed by atoms with Crippen LogP contribution in [0, 0.1) is 0 Å². The van der Waals surface area contributed by atoms with E-state index >= 15 is 0 Å². The molecule has 3 saturated carbocycles. The molecule has 0 spiro atoms. The number of pyridine rings is 1. The van der Waals surface area contributed by atoms with Gasteiger partial charge in [-0.1, -0.05) is 25.6 Å². The predicted molar refractivity (Wildman–Crippen MR) is 322 cm³/mol.